The average Bonchev–Trinajstić information content (AvgIpc) is 3.39. The Bertz CT molecular complexity index is 1030. The number of nitrogens with zero attached hydrogens (tertiary/aromatic N) is 2. The number of carbonyl (C=O) groups is 2. The Morgan fingerprint density at radius 3 is 2.50 bits per heavy atom. The predicted molar refractivity (Wildman–Crippen MR) is 156 cm³/mol. The van der Waals surface area contributed by atoms with Crippen LogP contribution in [0.5, 0.6) is 11.5 Å². The Morgan fingerprint density at radius 1 is 1.05 bits per heavy atom. The minimum Gasteiger partial charge on any atom is -0.493 e. The van der Waals surface area contributed by atoms with Crippen LogP contribution in [0.25, 0.3) is 0 Å². The number of allylic oxidation sites excluding steroid dienone is 3. The smallest absolute Gasteiger partial charge is 0.410 e. The van der Waals surface area contributed by atoms with Gasteiger partial charge in [0.15, 0.2) is 11.5 Å². The SMILES string of the molecule is CCN(CC1C=CC=CC1C)C(=O)O[C@@H]1CNC[C@H]1CN(C(=O)c1ccc(OC)c(OCCCOC)c1)C(C)C. The van der Waals surface area contributed by atoms with Gasteiger partial charge in [0.1, 0.15) is 6.10 Å². The molecule has 3 rings (SSSR count). The highest BCUT2D eigenvalue weighted by Gasteiger charge is 2.35. The van der Waals surface area contributed by atoms with Crippen LogP contribution in [0.15, 0.2) is 42.5 Å². The van der Waals surface area contributed by atoms with E-state index in [1.165, 1.54) is 0 Å². The van der Waals surface area contributed by atoms with Crippen LogP contribution in [0.2, 0.25) is 0 Å². The van der Waals surface area contributed by atoms with E-state index in [1.54, 1.807) is 37.3 Å². The van der Waals surface area contributed by atoms with Crippen molar-refractivity contribution >= 4 is 12.0 Å². The molecular formula is C31H47N3O6. The molecule has 0 radical (unpaired) electrons. The maximum Gasteiger partial charge on any atom is 0.410 e. The molecule has 1 heterocycles. The lowest BCUT2D eigenvalue weighted by molar-refractivity contribution is 0.0365. The first-order valence-corrected chi connectivity index (χ1v) is 14.4. The second kappa shape index (κ2) is 15.7. The summed E-state index contributed by atoms with van der Waals surface area (Å²) in [7, 11) is 3.23. The monoisotopic (exact) mass is 557 g/mol. The third-order valence-corrected chi connectivity index (χ3v) is 7.64. The first kappa shape index (κ1) is 31.5. The van der Waals surface area contributed by atoms with Gasteiger partial charge in [-0.3, -0.25) is 4.79 Å². The molecule has 222 valence electrons. The Hall–Kier alpha value is -3.04. The third-order valence-electron chi connectivity index (χ3n) is 7.64. The summed E-state index contributed by atoms with van der Waals surface area (Å²) in [5.74, 6) is 1.62. The Kier molecular flexibility index (Phi) is 12.3. The molecule has 2 aliphatic rings. The van der Waals surface area contributed by atoms with E-state index in [2.05, 4.69) is 30.5 Å². The molecule has 9 nitrogen and oxygen atoms in total. The highest BCUT2D eigenvalue weighted by Crippen LogP contribution is 2.30. The fourth-order valence-electron chi connectivity index (χ4n) is 5.07. The fourth-order valence-corrected chi connectivity index (χ4v) is 5.07. The summed E-state index contributed by atoms with van der Waals surface area (Å²) in [6.07, 6.45) is 8.52. The van der Waals surface area contributed by atoms with Gasteiger partial charge in [-0.05, 0) is 44.9 Å². The summed E-state index contributed by atoms with van der Waals surface area (Å²) in [5.41, 5.74) is 0.525. The van der Waals surface area contributed by atoms with Gasteiger partial charge in [-0.1, -0.05) is 31.2 Å². The summed E-state index contributed by atoms with van der Waals surface area (Å²) >= 11 is 0. The zero-order chi connectivity index (χ0) is 29.1. The minimum absolute atomic E-state index is 0.0200. The number of hydrogen-bond donors (Lipinski definition) is 1. The van der Waals surface area contributed by atoms with Gasteiger partial charge in [-0.2, -0.15) is 0 Å². The van der Waals surface area contributed by atoms with E-state index < -0.39 is 0 Å². The van der Waals surface area contributed by atoms with Crippen LogP contribution in [0.1, 0.15) is 44.5 Å². The summed E-state index contributed by atoms with van der Waals surface area (Å²) in [6, 6.07) is 5.22. The maximum absolute atomic E-state index is 13.7. The van der Waals surface area contributed by atoms with Crippen LogP contribution in [-0.4, -0.2) is 94.1 Å². The van der Waals surface area contributed by atoms with Crippen molar-refractivity contribution in [2.24, 2.45) is 17.8 Å². The molecule has 0 aromatic heterocycles. The highest BCUT2D eigenvalue weighted by atomic mass is 16.6. The number of amides is 2. The molecule has 2 amide bonds. The topological polar surface area (TPSA) is 89.6 Å². The second-order valence-electron chi connectivity index (χ2n) is 10.8. The van der Waals surface area contributed by atoms with Crippen molar-refractivity contribution in [2.75, 3.05) is 60.2 Å². The largest absolute Gasteiger partial charge is 0.493 e. The van der Waals surface area contributed by atoms with Crippen molar-refractivity contribution in [3.05, 3.63) is 48.1 Å². The first-order chi connectivity index (χ1) is 19.3. The van der Waals surface area contributed by atoms with E-state index in [0.29, 0.717) is 68.9 Å². The molecule has 1 saturated heterocycles. The highest BCUT2D eigenvalue weighted by molar-refractivity contribution is 5.95. The van der Waals surface area contributed by atoms with Gasteiger partial charge in [0.05, 0.1) is 13.7 Å². The number of benzene rings is 1. The number of carbonyl (C=O) groups excluding carboxylic acids is 2. The van der Waals surface area contributed by atoms with E-state index in [-0.39, 0.29) is 36.0 Å². The second-order valence-corrected chi connectivity index (χ2v) is 10.8. The summed E-state index contributed by atoms with van der Waals surface area (Å²) in [4.78, 5) is 30.5. The minimum atomic E-state index is -0.314. The summed E-state index contributed by atoms with van der Waals surface area (Å²) in [5, 5.41) is 3.35. The first-order valence-electron chi connectivity index (χ1n) is 14.4. The van der Waals surface area contributed by atoms with Crippen LogP contribution < -0.4 is 14.8 Å². The van der Waals surface area contributed by atoms with Gasteiger partial charge >= 0.3 is 6.09 Å². The zero-order valence-corrected chi connectivity index (χ0v) is 24.9. The molecular weight excluding hydrogens is 510 g/mol. The van der Waals surface area contributed by atoms with Gasteiger partial charge < -0.3 is 34.1 Å². The standard InChI is InChI=1S/C31H47N3O6/c1-7-33(20-25-12-9-8-11-23(25)4)31(36)40-29-19-32-18-26(29)21-34(22(2)3)30(35)24-13-14-27(38-6)28(17-24)39-16-10-15-37-5/h8-9,11-14,17,22-23,25-26,29,32H,7,10,15-16,18-21H2,1-6H3/t23?,25?,26-,29+/m0/s1. The van der Waals surface area contributed by atoms with E-state index in [4.69, 9.17) is 18.9 Å². The fraction of sp³-hybridized carbons (Fsp3) is 0.613. The molecule has 0 bridgehead atoms. The van der Waals surface area contributed by atoms with Crippen molar-refractivity contribution in [1.82, 2.24) is 15.1 Å². The van der Waals surface area contributed by atoms with E-state index in [1.807, 2.05) is 31.7 Å². The van der Waals surface area contributed by atoms with Gasteiger partial charge in [-0.25, -0.2) is 4.79 Å². The summed E-state index contributed by atoms with van der Waals surface area (Å²) < 4.78 is 22.5. The number of methoxy groups -OCH3 is 2. The zero-order valence-electron chi connectivity index (χ0n) is 24.9. The van der Waals surface area contributed by atoms with Crippen molar-refractivity contribution in [3.63, 3.8) is 0 Å². The number of hydrogen-bond acceptors (Lipinski definition) is 7. The lowest BCUT2D eigenvalue weighted by Gasteiger charge is -2.33. The molecule has 0 saturated carbocycles. The van der Waals surface area contributed by atoms with Crippen molar-refractivity contribution in [2.45, 2.75) is 46.3 Å². The number of ether oxygens (including phenoxy) is 4. The quantitative estimate of drug-likeness (QED) is 0.340. The van der Waals surface area contributed by atoms with E-state index in [9.17, 15) is 9.59 Å². The van der Waals surface area contributed by atoms with Gasteiger partial charge in [-0.15, -0.1) is 0 Å². The summed E-state index contributed by atoms with van der Waals surface area (Å²) in [6.45, 7) is 12.1. The van der Waals surface area contributed by atoms with Gasteiger partial charge in [0, 0.05) is 76.3 Å². The molecule has 1 aromatic carbocycles. The predicted octanol–water partition coefficient (Wildman–Crippen LogP) is 4.39. The molecule has 1 fully saturated rings. The van der Waals surface area contributed by atoms with Crippen molar-refractivity contribution < 1.29 is 28.5 Å². The number of rotatable bonds is 14. The molecule has 9 heteroatoms. The van der Waals surface area contributed by atoms with Crippen LogP contribution in [-0.2, 0) is 9.47 Å². The van der Waals surface area contributed by atoms with Crippen molar-refractivity contribution in [1.29, 1.82) is 0 Å². The lowest BCUT2D eigenvalue weighted by atomic mass is 9.90. The van der Waals surface area contributed by atoms with Crippen LogP contribution in [0.4, 0.5) is 4.79 Å². The van der Waals surface area contributed by atoms with Crippen LogP contribution in [0.3, 0.4) is 0 Å². The van der Waals surface area contributed by atoms with Crippen LogP contribution in [0, 0.1) is 17.8 Å². The van der Waals surface area contributed by atoms with Crippen molar-refractivity contribution in [3.8, 4) is 11.5 Å². The van der Waals surface area contributed by atoms with E-state index in [0.717, 1.165) is 6.42 Å². The molecule has 0 spiro atoms. The molecule has 40 heavy (non-hydrogen) atoms. The third kappa shape index (κ3) is 8.48. The maximum atomic E-state index is 13.7. The molecule has 1 N–H and O–H groups in total. The van der Waals surface area contributed by atoms with Crippen LogP contribution >= 0.6 is 0 Å². The Labute approximate surface area is 239 Å². The molecule has 2 unspecified atom stereocenters. The molecule has 4 atom stereocenters. The molecule has 1 aliphatic carbocycles. The van der Waals surface area contributed by atoms with E-state index >= 15 is 0 Å². The average molecular weight is 558 g/mol. The Balaban J connectivity index is 1.66. The Morgan fingerprint density at radius 2 is 1.82 bits per heavy atom. The lowest BCUT2D eigenvalue weighted by Crippen LogP contribution is -2.45. The normalized spacial score (nSPS) is 21.9. The van der Waals surface area contributed by atoms with Gasteiger partial charge in [0.25, 0.3) is 5.91 Å². The molecule has 1 aromatic rings. The number of nitrogens with one attached hydrogen (secondary N) is 1. The van der Waals surface area contributed by atoms with Gasteiger partial charge in [0.2, 0.25) is 0 Å². The molecule has 1 aliphatic heterocycles.